The second-order valence-corrected chi connectivity index (χ2v) is 29.3. The molecule has 0 bridgehead atoms. The maximum Gasteiger partial charge on any atom is 0.472 e. The number of nitrogens with two attached hydrogens (primary N) is 3. The molecular weight excluding hydrogens is 1520 g/mol. The predicted molar refractivity (Wildman–Crippen MR) is 340 cm³/mol. The minimum Gasteiger partial charge on any atom is -0.394 e. The van der Waals surface area contributed by atoms with Gasteiger partial charge >= 0.3 is 42.7 Å². The van der Waals surface area contributed by atoms with Gasteiger partial charge in [-0.15, -0.1) is 0 Å². The Morgan fingerprint density at radius 2 is 0.858 bits per heavy atom. The van der Waals surface area contributed by atoms with Crippen LogP contribution < -0.4 is 50.6 Å². The number of imidazole rings is 3. The van der Waals surface area contributed by atoms with Crippen LogP contribution in [0.5, 0.6) is 0 Å². The van der Waals surface area contributed by atoms with E-state index in [-0.39, 0.29) is 51.1 Å². The number of H-pyrrole nitrogens is 3. The van der Waals surface area contributed by atoms with E-state index in [1.54, 1.807) is 0 Å². The van der Waals surface area contributed by atoms with Crippen LogP contribution in [-0.2, 0) is 78.1 Å². The minimum absolute atomic E-state index is 0.0630. The van der Waals surface area contributed by atoms with Crippen LogP contribution >= 0.6 is 31.3 Å². The fourth-order valence-corrected chi connectivity index (χ4v) is 16.0. The molecule has 106 heavy (non-hydrogen) atoms. The summed E-state index contributed by atoms with van der Waals surface area (Å²) in [4.78, 5) is 146. The van der Waals surface area contributed by atoms with Gasteiger partial charge in [0.1, 0.15) is 109 Å². The van der Waals surface area contributed by atoms with Crippen LogP contribution in [-0.4, -0.2) is 265 Å². The van der Waals surface area contributed by atoms with E-state index in [0.717, 1.165) is 63.5 Å². The van der Waals surface area contributed by atoms with E-state index in [0.29, 0.717) is 9.13 Å². The van der Waals surface area contributed by atoms with E-state index in [4.69, 9.17) is 77.1 Å². The quantitative estimate of drug-likeness (QED) is 0.0213. The van der Waals surface area contributed by atoms with Crippen molar-refractivity contribution in [2.75, 3.05) is 62.6 Å². The number of phosphoric acid groups is 4. The zero-order valence-electron chi connectivity index (χ0n) is 53.4. The Balaban J connectivity index is 0.735. The van der Waals surface area contributed by atoms with Crippen molar-refractivity contribution in [2.45, 2.75) is 123 Å². The third-order valence-corrected chi connectivity index (χ3v) is 20.9. The average molecular weight is 1580 g/mol. The monoisotopic (exact) mass is 1580 g/mol. The summed E-state index contributed by atoms with van der Waals surface area (Å²) in [6.07, 6.45) is -33.7. The van der Waals surface area contributed by atoms with Gasteiger partial charge in [-0.1, -0.05) is 0 Å². The van der Waals surface area contributed by atoms with E-state index in [1.807, 2.05) is 4.98 Å². The topological polar surface area (TPSA) is 761 Å². The summed E-state index contributed by atoms with van der Waals surface area (Å²) >= 11 is 0. The van der Waals surface area contributed by atoms with Crippen molar-refractivity contribution < 1.29 is 133 Å². The van der Waals surface area contributed by atoms with E-state index >= 15 is 0 Å². The van der Waals surface area contributed by atoms with E-state index in [9.17, 15) is 97.6 Å². The van der Waals surface area contributed by atoms with Gasteiger partial charge in [0.05, 0.1) is 52.0 Å². The highest BCUT2D eigenvalue weighted by molar-refractivity contribution is 7.48. The molecule has 8 aromatic heterocycles. The first-order valence-corrected chi connectivity index (χ1v) is 36.7. The van der Waals surface area contributed by atoms with Gasteiger partial charge in [-0.2, -0.15) is 15.0 Å². The number of anilines is 4. The van der Waals surface area contributed by atoms with Crippen molar-refractivity contribution in [3.8, 4) is 0 Å². The second kappa shape index (κ2) is 29.5. The molecule has 21 N–H and O–H groups in total. The number of aliphatic hydroxyl groups is 7. The number of aromatic nitrogens is 16. The minimum atomic E-state index is -5.88. The maximum absolute atomic E-state index is 14.4. The number of nitrogens with one attached hydrogen (secondary N) is 4. The highest BCUT2D eigenvalue weighted by Gasteiger charge is 2.56. The highest BCUT2D eigenvalue weighted by atomic mass is 31.2. The zero-order chi connectivity index (χ0) is 76.0. The van der Waals surface area contributed by atoms with Gasteiger partial charge < -0.3 is 102 Å². The van der Waals surface area contributed by atoms with Crippen LogP contribution in [0.4, 0.5) is 23.5 Å². The molecule has 0 aliphatic carbocycles. The summed E-state index contributed by atoms with van der Waals surface area (Å²) in [6.45, 7) is -6.05. The Kier molecular flexibility index (Phi) is 21.2. The molecule has 4 unspecified atom stereocenters. The number of aliphatic hydroxyl groups excluding tert-OH is 7. The van der Waals surface area contributed by atoms with Crippen molar-refractivity contribution in [3.05, 3.63) is 102 Å². The standard InChI is InChI=1S/C49H62N20O33P4/c1-53-35-22-36(55-11-54-35)67(12-56-22)43-29(76)33(101-105(86,87)92-8-17-32(28(75)42(96-17)65-4-2-20(50)59-48(65)80)100-103(82,83)90-7-16-25(72)26(73)41(95-16)66-5-3-21(71)60-49(66)81)18(97-43)9-93-106(88,89)102-34-19(98-45(30(34)77)69-14-58-24-38(69)62-47(52)64-40(24)79)10-91-104(84,85)99-31-15(6-70)94-44(27(31)74)68-13-57-23-37(68)61-46(51)63-39(23)78/h2-5,11-19,25-34,41-45,70,72-77H,6-10H2,1H3,(H,82,83)(H,84,85)(H,86,87)(H,88,89)(H2,50,59,80)(H,53,54,55)(H,60,71,81)(H3,51,61,63,78)(H3,52,62,64,79)/t15-,16-,17-,18-,19-,25-,26-,27-,28-,29-,30-,31-,32-,33-,34-,41-,42-,43-,44-,45-/m1/s1. The first-order chi connectivity index (χ1) is 50.1. The van der Waals surface area contributed by atoms with Crippen LogP contribution in [0.3, 0.4) is 0 Å². The lowest BCUT2D eigenvalue weighted by molar-refractivity contribution is -0.0655. The summed E-state index contributed by atoms with van der Waals surface area (Å²) in [5.74, 6) is -1.02. The summed E-state index contributed by atoms with van der Waals surface area (Å²) in [5, 5.41) is 81.6. The lowest BCUT2D eigenvalue weighted by Crippen LogP contribution is -2.39. The van der Waals surface area contributed by atoms with Crippen molar-refractivity contribution in [1.29, 1.82) is 0 Å². The molecule has 13 rings (SSSR count). The summed E-state index contributed by atoms with van der Waals surface area (Å²) in [7, 11) is -21.5. The van der Waals surface area contributed by atoms with Crippen molar-refractivity contribution in [3.63, 3.8) is 0 Å². The Morgan fingerprint density at radius 1 is 0.472 bits per heavy atom. The van der Waals surface area contributed by atoms with Crippen LogP contribution in [0.25, 0.3) is 33.5 Å². The first-order valence-electron chi connectivity index (χ1n) is 30.7. The van der Waals surface area contributed by atoms with Crippen LogP contribution in [0, 0.1) is 0 Å². The second-order valence-electron chi connectivity index (χ2n) is 23.7. The molecule has 13 heterocycles. The van der Waals surface area contributed by atoms with Gasteiger partial charge in [0, 0.05) is 25.5 Å². The molecule has 8 aromatic rings. The Labute approximate surface area is 584 Å². The Morgan fingerprint density at radius 3 is 1.29 bits per heavy atom. The number of nitrogens with zero attached hydrogens (tertiary/aromatic N) is 13. The number of nitrogen functional groups attached to an aromatic ring is 3. The molecule has 57 heteroatoms. The highest BCUT2D eigenvalue weighted by Crippen LogP contribution is 2.55. The number of aromatic amines is 3. The van der Waals surface area contributed by atoms with Gasteiger partial charge in [0.25, 0.3) is 16.7 Å². The van der Waals surface area contributed by atoms with Gasteiger partial charge in [-0.25, -0.2) is 52.8 Å². The van der Waals surface area contributed by atoms with Crippen LogP contribution in [0.15, 0.2) is 73.8 Å². The number of ether oxygens (including phenoxy) is 5. The van der Waals surface area contributed by atoms with Gasteiger partial charge in [-0.3, -0.25) is 88.4 Å². The molecule has 0 amide bonds. The molecule has 0 saturated carbocycles. The number of phosphoric ester groups is 4. The largest absolute Gasteiger partial charge is 0.472 e. The predicted octanol–water partition coefficient (Wildman–Crippen LogP) is -7.66. The summed E-state index contributed by atoms with van der Waals surface area (Å²) in [6, 6.07) is 1.96. The Hall–Kier alpha value is -8.03. The first kappa shape index (κ1) is 76.2. The third kappa shape index (κ3) is 15.2. The van der Waals surface area contributed by atoms with Crippen molar-refractivity contribution in [1.82, 2.24) is 77.7 Å². The maximum atomic E-state index is 14.4. The van der Waals surface area contributed by atoms with Gasteiger partial charge in [0.15, 0.2) is 64.9 Å². The molecule has 0 radical (unpaired) electrons. The van der Waals surface area contributed by atoms with Gasteiger partial charge in [0.2, 0.25) is 11.9 Å². The lowest BCUT2D eigenvalue weighted by atomic mass is 10.1. The molecule has 0 aromatic carbocycles. The fourth-order valence-electron chi connectivity index (χ4n) is 12.1. The summed E-state index contributed by atoms with van der Waals surface area (Å²) < 4.78 is 132. The fraction of sp³-hybridized carbons (Fsp3) is 0.531. The van der Waals surface area contributed by atoms with Crippen LogP contribution in [0.1, 0.15) is 31.1 Å². The molecule has 5 aliphatic heterocycles. The molecular formula is C49H62N20O33P4. The normalized spacial score (nSPS) is 32.1. The molecule has 24 atom stereocenters. The molecule has 5 fully saturated rings. The smallest absolute Gasteiger partial charge is 0.394 e. The van der Waals surface area contributed by atoms with E-state index < -0.39 is 221 Å². The summed E-state index contributed by atoms with van der Waals surface area (Å²) in [5.41, 5.74) is 11.1. The molecule has 53 nitrogen and oxygen atoms in total. The zero-order valence-corrected chi connectivity index (χ0v) is 57.0. The molecule has 576 valence electrons. The number of hydrogen-bond acceptors (Lipinski definition) is 41. The number of fused-ring (bicyclic) bond motifs is 3. The van der Waals surface area contributed by atoms with Crippen molar-refractivity contribution >= 4 is 88.3 Å². The Bertz CT molecular complexity index is 5140. The van der Waals surface area contributed by atoms with Gasteiger partial charge in [-0.05, 0) is 6.07 Å². The van der Waals surface area contributed by atoms with E-state index in [1.165, 1.54) is 7.05 Å². The van der Waals surface area contributed by atoms with Crippen molar-refractivity contribution in [2.24, 2.45) is 0 Å². The number of hydrogen-bond donors (Lipinski definition) is 18. The third-order valence-electron chi connectivity index (χ3n) is 17.0. The molecule has 5 aliphatic rings. The van der Waals surface area contributed by atoms with E-state index in [2.05, 4.69) is 55.2 Å². The molecule has 5 saturated heterocycles. The van der Waals surface area contributed by atoms with Crippen LogP contribution in [0.2, 0.25) is 0 Å². The average Bonchev–Trinajstić information content (AvgIpc) is 1.62. The SMILES string of the molecule is CNc1ncnc2c1ncn2[C@@H]1O[C@H](COP(=O)(O)O[C@H]2[C@@H](O)[C@H](n3cnc4c(=O)[nH]c(N)nc43)O[C@@H]2COP(=O)(O)O[C@H]2[C@@H](O)[C@H](n3cnc4c(=O)[nH]c(N)nc43)O[C@@H]2CO)[C@@H](OP(=O)(O)OC[C@H]2O[C@@H](n3ccc(N)nc3=O)[C@H](O)[C@@H]2OP(=O)(O)OC[C@H]2O[C@@H](n3ccc(=O)[nH]c3=O)[C@H](O)[C@@H]2O)[C@H]1O. The number of rotatable bonds is 27. The lowest BCUT2D eigenvalue weighted by Gasteiger charge is -2.27. The molecule has 0 spiro atoms.